The van der Waals surface area contributed by atoms with E-state index in [9.17, 15) is 14.4 Å². The van der Waals surface area contributed by atoms with Crippen LogP contribution >= 0.6 is 11.3 Å². The number of carbonyl (C=O) groups is 3. The Morgan fingerprint density at radius 2 is 1.91 bits per heavy atom. The van der Waals surface area contributed by atoms with Gasteiger partial charge in [-0.15, -0.1) is 11.3 Å². The molecule has 2 rings (SSSR count). The molecule has 122 valence electrons. The fraction of sp³-hybridized carbons (Fsp3) is 0.375. The molecule has 1 heterocycles. The maximum atomic E-state index is 12.4. The van der Waals surface area contributed by atoms with E-state index in [-0.39, 0.29) is 17.6 Å². The molecule has 0 aliphatic carbocycles. The smallest absolute Gasteiger partial charge is 0.243 e. The van der Waals surface area contributed by atoms with Crippen LogP contribution in [-0.4, -0.2) is 34.7 Å². The van der Waals surface area contributed by atoms with E-state index in [4.69, 9.17) is 0 Å². The van der Waals surface area contributed by atoms with Crippen LogP contribution < -0.4 is 10.6 Å². The maximum Gasteiger partial charge on any atom is 0.243 e. The van der Waals surface area contributed by atoms with Gasteiger partial charge in [-0.05, 0) is 25.5 Å². The van der Waals surface area contributed by atoms with Crippen LogP contribution in [0.25, 0.3) is 10.2 Å². The highest BCUT2D eigenvalue weighted by molar-refractivity contribution is 7.20. The minimum absolute atomic E-state index is 0.239. The van der Waals surface area contributed by atoms with E-state index in [2.05, 4.69) is 15.6 Å². The predicted octanol–water partition coefficient (Wildman–Crippen LogP) is 1.90. The molecule has 0 fully saturated rings. The quantitative estimate of drug-likeness (QED) is 0.790. The number of nitrogens with zero attached hydrogens (tertiary/aromatic N) is 1. The summed E-state index contributed by atoms with van der Waals surface area (Å²) in [6.45, 7) is 4.76. The molecule has 7 heteroatoms. The number of ketones is 1. The van der Waals surface area contributed by atoms with Crippen molar-refractivity contribution >= 4 is 39.2 Å². The van der Waals surface area contributed by atoms with Gasteiger partial charge in [-0.1, -0.05) is 19.1 Å². The molecule has 0 saturated carbocycles. The molecule has 0 aliphatic rings. The molecule has 1 aromatic heterocycles. The molecule has 1 aromatic carbocycles. The molecule has 2 atom stereocenters. The van der Waals surface area contributed by atoms with Gasteiger partial charge in [0.15, 0.2) is 5.01 Å². The maximum absolute atomic E-state index is 12.4. The highest BCUT2D eigenvalue weighted by Crippen LogP contribution is 2.22. The number of hydrogen-bond acceptors (Lipinski definition) is 5. The Morgan fingerprint density at radius 1 is 1.22 bits per heavy atom. The normalized spacial score (nSPS) is 13.3. The topological polar surface area (TPSA) is 88.2 Å². The summed E-state index contributed by atoms with van der Waals surface area (Å²) in [6.07, 6.45) is 0.452. The van der Waals surface area contributed by atoms with Gasteiger partial charge in [0.2, 0.25) is 17.6 Å². The number of para-hydroxylation sites is 1. The number of aromatic nitrogens is 1. The molecule has 0 bridgehead atoms. The minimum Gasteiger partial charge on any atom is -0.345 e. The zero-order chi connectivity index (χ0) is 17.0. The largest absolute Gasteiger partial charge is 0.345 e. The van der Waals surface area contributed by atoms with Gasteiger partial charge in [0.1, 0.15) is 6.04 Å². The summed E-state index contributed by atoms with van der Waals surface area (Å²) >= 11 is 1.30. The summed E-state index contributed by atoms with van der Waals surface area (Å²) in [5.74, 6) is -0.890. The van der Waals surface area contributed by atoms with Crippen molar-refractivity contribution in [2.24, 2.45) is 0 Å². The predicted molar refractivity (Wildman–Crippen MR) is 89.5 cm³/mol. The van der Waals surface area contributed by atoms with Crippen LogP contribution in [0.1, 0.15) is 37.0 Å². The van der Waals surface area contributed by atoms with Gasteiger partial charge in [-0.3, -0.25) is 14.4 Å². The zero-order valence-electron chi connectivity index (χ0n) is 13.3. The summed E-state index contributed by atoms with van der Waals surface area (Å²) < 4.78 is 0.930. The Bertz CT molecular complexity index is 708. The number of fused-ring (bicyclic) bond motifs is 1. The standard InChI is InChI=1S/C16H19N3O3S/c1-4-11(18-10(3)20)15(22)17-9(2)14(21)16-19-12-7-5-6-8-13(12)23-16/h5-9,11H,4H2,1-3H3,(H,17,22)(H,18,20)/t9?,11-/m0/s1. The third kappa shape index (κ3) is 4.13. The molecule has 0 radical (unpaired) electrons. The average Bonchev–Trinajstić information content (AvgIpc) is 2.95. The molecule has 1 unspecified atom stereocenters. The number of nitrogens with one attached hydrogen (secondary N) is 2. The number of Topliss-reactive ketones (excluding diaryl/α,β-unsaturated/α-hetero) is 1. The molecule has 0 spiro atoms. The second-order valence-corrected chi connectivity index (χ2v) is 6.27. The number of rotatable bonds is 6. The van der Waals surface area contributed by atoms with Crippen LogP contribution in [0.5, 0.6) is 0 Å². The summed E-state index contributed by atoms with van der Waals surface area (Å²) in [4.78, 5) is 40.0. The first-order chi connectivity index (χ1) is 10.9. The Hall–Kier alpha value is -2.28. The van der Waals surface area contributed by atoms with Gasteiger partial charge in [-0.2, -0.15) is 0 Å². The van der Waals surface area contributed by atoms with Crippen molar-refractivity contribution in [2.75, 3.05) is 0 Å². The van der Waals surface area contributed by atoms with Crippen molar-refractivity contribution in [3.63, 3.8) is 0 Å². The molecule has 2 N–H and O–H groups in total. The number of benzene rings is 1. The number of carbonyl (C=O) groups excluding carboxylic acids is 3. The van der Waals surface area contributed by atoms with E-state index in [1.54, 1.807) is 13.8 Å². The lowest BCUT2D eigenvalue weighted by atomic mass is 10.1. The summed E-state index contributed by atoms with van der Waals surface area (Å²) in [7, 11) is 0. The molecule has 0 aliphatic heterocycles. The van der Waals surface area contributed by atoms with Gasteiger partial charge in [-0.25, -0.2) is 4.98 Å². The fourth-order valence-corrected chi connectivity index (χ4v) is 3.14. The van der Waals surface area contributed by atoms with Crippen molar-refractivity contribution in [3.05, 3.63) is 29.3 Å². The zero-order valence-corrected chi connectivity index (χ0v) is 14.1. The monoisotopic (exact) mass is 333 g/mol. The first-order valence-corrected chi connectivity index (χ1v) is 8.21. The van der Waals surface area contributed by atoms with Crippen LogP contribution in [0.15, 0.2) is 24.3 Å². The van der Waals surface area contributed by atoms with Crippen molar-refractivity contribution in [1.29, 1.82) is 0 Å². The van der Waals surface area contributed by atoms with Crippen molar-refractivity contribution in [2.45, 2.75) is 39.3 Å². The van der Waals surface area contributed by atoms with Crippen LogP contribution in [0, 0.1) is 0 Å². The molecule has 0 saturated heterocycles. The van der Waals surface area contributed by atoms with Gasteiger partial charge in [0.25, 0.3) is 0 Å². The van der Waals surface area contributed by atoms with Gasteiger partial charge in [0.05, 0.1) is 16.3 Å². The third-order valence-electron chi connectivity index (χ3n) is 3.36. The van der Waals surface area contributed by atoms with Crippen molar-refractivity contribution in [3.8, 4) is 0 Å². The lowest BCUT2D eigenvalue weighted by Crippen LogP contribution is -2.50. The van der Waals surface area contributed by atoms with Crippen LogP contribution in [0.4, 0.5) is 0 Å². The van der Waals surface area contributed by atoms with Gasteiger partial charge < -0.3 is 10.6 Å². The van der Waals surface area contributed by atoms with E-state index >= 15 is 0 Å². The Labute approximate surface area is 138 Å². The fourth-order valence-electron chi connectivity index (χ4n) is 2.14. The first kappa shape index (κ1) is 17.1. The Kier molecular flexibility index (Phi) is 5.44. The molecule has 6 nitrogen and oxygen atoms in total. The first-order valence-electron chi connectivity index (χ1n) is 7.39. The number of thiazole rings is 1. The van der Waals surface area contributed by atoms with Crippen molar-refractivity contribution < 1.29 is 14.4 Å². The molecule has 23 heavy (non-hydrogen) atoms. The molecular weight excluding hydrogens is 314 g/mol. The third-order valence-corrected chi connectivity index (χ3v) is 4.41. The lowest BCUT2D eigenvalue weighted by Gasteiger charge is -2.18. The summed E-state index contributed by atoms with van der Waals surface area (Å²) in [5.41, 5.74) is 0.768. The van der Waals surface area contributed by atoms with Crippen LogP contribution in [-0.2, 0) is 9.59 Å². The van der Waals surface area contributed by atoms with E-state index in [1.165, 1.54) is 18.3 Å². The minimum atomic E-state index is -0.703. The number of hydrogen-bond donors (Lipinski definition) is 2. The highest BCUT2D eigenvalue weighted by atomic mass is 32.1. The average molecular weight is 333 g/mol. The van der Waals surface area contributed by atoms with E-state index < -0.39 is 12.1 Å². The van der Waals surface area contributed by atoms with E-state index in [0.29, 0.717) is 11.4 Å². The molecular formula is C16H19N3O3S. The molecule has 2 amide bonds. The van der Waals surface area contributed by atoms with Gasteiger partial charge >= 0.3 is 0 Å². The summed E-state index contributed by atoms with van der Waals surface area (Å²) in [6, 6.07) is 6.15. The Morgan fingerprint density at radius 3 is 2.52 bits per heavy atom. The Balaban J connectivity index is 2.07. The second kappa shape index (κ2) is 7.32. The van der Waals surface area contributed by atoms with Crippen LogP contribution in [0.2, 0.25) is 0 Å². The van der Waals surface area contributed by atoms with E-state index in [1.807, 2.05) is 24.3 Å². The highest BCUT2D eigenvalue weighted by Gasteiger charge is 2.24. The lowest BCUT2D eigenvalue weighted by molar-refractivity contribution is -0.128. The second-order valence-electron chi connectivity index (χ2n) is 5.24. The van der Waals surface area contributed by atoms with Crippen LogP contribution in [0.3, 0.4) is 0 Å². The molecule has 2 aromatic rings. The SMILES string of the molecule is CC[C@H](NC(C)=O)C(=O)NC(C)C(=O)c1nc2ccccc2s1. The van der Waals surface area contributed by atoms with E-state index in [0.717, 1.165) is 10.2 Å². The number of amides is 2. The van der Waals surface area contributed by atoms with Crippen molar-refractivity contribution in [1.82, 2.24) is 15.6 Å². The van der Waals surface area contributed by atoms with Gasteiger partial charge in [0, 0.05) is 6.92 Å². The summed E-state index contributed by atoms with van der Waals surface area (Å²) in [5, 5.41) is 5.57.